The molecule has 0 atom stereocenters. The highest BCUT2D eigenvalue weighted by Gasteiger charge is 2.07. The fourth-order valence-electron chi connectivity index (χ4n) is 1.90. The second-order valence-corrected chi connectivity index (χ2v) is 4.83. The van der Waals surface area contributed by atoms with Gasteiger partial charge in [-0.25, -0.2) is 4.98 Å². The van der Waals surface area contributed by atoms with Crippen LogP contribution in [0.15, 0.2) is 47.5 Å². The average Bonchev–Trinajstić information content (AvgIpc) is 2.85. The first-order chi connectivity index (χ1) is 9.61. The zero-order chi connectivity index (χ0) is 14.1. The molecule has 1 N–H and O–H groups in total. The number of halogens is 1. The topological polar surface area (TPSA) is 63.6 Å². The Labute approximate surface area is 119 Å². The van der Waals surface area contributed by atoms with Gasteiger partial charge in [0.15, 0.2) is 0 Å². The van der Waals surface area contributed by atoms with Crippen molar-refractivity contribution in [2.24, 2.45) is 7.05 Å². The van der Waals surface area contributed by atoms with E-state index in [1.54, 1.807) is 23.0 Å². The Morgan fingerprint density at radius 1 is 1.20 bits per heavy atom. The van der Waals surface area contributed by atoms with E-state index in [1.807, 2.05) is 25.4 Å². The van der Waals surface area contributed by atoms with E-state index < -0.39 is 0 Å². The van der Waals surface area contributed by atoms with Crippen LogP contribution in [0.2, 0.25) is 5.02 Å². The lowest BCUT2D eigenvalue weighted by Crippen LogP contribution is -2.08. The zero-order valence-corrected chi connectivity index (χ0v) is 11.4. The molecule has 6 heteroatoms. The Morgan fingerprint density at radius 2 is 1.95 bits per heavy atom. The molecule has 0 aliphatic rings. The van der Waals surface area contributed by atoms with Gasteiger partial charge in [0.2, 0.25) is 0 Å². The number of aromatic amines is 1. The summed E-state index contributed by atoms with van der Waals surface area (Å²) in [7, 11) is 1.82. The van der Waals surface area contributed by atoms with Crippen molar-refractivity contribution >= 4 is 11.6 Å². The first-order valence-electron chi connectivity index (χ1n) is 5.98. The van der Waals surface area contributed by atoms with E-state index in [0.717, 1.165) is 11.1 Å². The first kappa shape index (κ1) is 12.6. The van der Waals surface area contributed by atoms with Crippen molar-refractivity contribution in [3.05, 3.63) is 58.1 Å². The summed E-state index contributed by atoms with van der Waals surface area (Å²) in [5, 5.41) is 4.72. The molecule has 0 amide bonds. The van der Waals surface area contributed by atoms with Gasteiger partial charge in [-0.1, -0.05) is 11.6 Å². The molecule has 3 aromatic rings. The van der Waals surface area contributed by atoms with Crippen molar-refractivity contribution in [1.82, 2.24) is 19.7 Å². The molecule has 1 aromatic carbocycles. The molecule has 0 aliphatic heterocycles. The molecule has 0 aliphatic carbocycles. The lowest BCUT2D eigenvalue weighted by molar-refractivity contribution is 0.768. The minimum Gasteiger partial charge on any atom is -0.306 e. The van der Waals surface area contributed by atoms with Gasteiger partial charge in [-0.15, -0.1) is 0 Å². The second kappa shape index (κ2) is 4.94. The number of aromatic nitrogens is 4. The number of nitrogens with one attached hydrogen (secondary N) is 1. The summed E-state index contributed by atoms with van der Waals surface area (Å²) in [6.07, 6.45) is 3.49. The molecule has 0 radical (unpaired) electrons. The van der Waals surface area contributed by atoms with E-state index in [9.17, 15) is 4.79 Å². The van der Waals surface area contributed by atoms with Gasteiger partial charge in [0.05, 0.1) is 11.9 Å². The smallest absolute Gasteiger partial charge is 0.251 e. The SMILES string of the molecule is Cn1cc(-c2cc(=O)[nH]c(-c3ccc(Cl)cc3)n2)cn1. The number of benzene rings is 1. The predicted octanol–water partition coefficient (Wildman–Crippen LogP) is 2.49. The normalized spacial score (nSPS) is 10.7. The highest BCUT2D eigenvalue weighted by molar-refractivity contribution is 6.30. The zero-order valence-electron chi connectivity index (χ0n) is 10.7. The first-order valence-corrected chi connectivity index (χ1v) is 6.36. The van der Waals surface area contributed by atoms with Gasteiger partial charge in [-0.3, -0.25) is 9.48 Å². The van der Waals surface area contributed by atoms with Gasteiger partial charge in [0.25, 0.3) is 5.56 Å². The molecule has 100 valence electrons. The maximum absolute atomic E-state index is 11.8. The molecule has 0 saturated carbocycles. The predicted molar refractivity (Wildman–Crippen MR) is 77.5 cm³/mol. The maximum atomic E-state index is 11.8. The van der Waals surface area contributed by atoms with Crippen LogP contribution in [0.4, 0.5) is 0 Å². The van der Waals surface area contributed by atoms with Crippen LogP contribution in [-0.4, -0.2) is 19.7 Å². The molecule has 0 saturated heterocycles. The lowest BCUT2D eigenvalue weighted by atomic mass is 10.2. The van der Waals surface area contributed by atoms with Crippen molar-refractivity contribution in [2.75, 3.05) is 0 Å². The fraction of sp³-hybridized carbons (Fsp3) is 0.0714. The summed E-state index contributed by atoms with van der Waals surface area (Å²) in [5.41, 5.74) is 1.99. The summed E-state index contributed by atoms with van der Waals surface area (Å²) in [5.74, 6) is 0.507. The lowest BCUT2D eigenvalue weighted by Gasteiger charge is -2.03. The van der Waals surface area contributed by atoms with Crippen LogP contribution < -0.4 is 5.56 Å². The molecule has 0 spiro atoms. The van der Waals surface area contributed by atoms with E-state index in [0.29, 0.717) is 16.5 Å². The van der Waals surface area contributed by atoms with Gasteiger partial charge < -0.3 is 4.98 Å². The Bertz CT molecular complexity index is 805. The summed E-state index contributed by atoms with van der Waals surface area (Å²) >= 11 is 5.86. The minimum atomic E-state index is -0.205. The van der Waals surface area contributed by atoms with Crippen molar-refractivity contribution in [3.63, 3.8) is 0 Å². The summed E-state index contributed by atoms with van der Waals surface area (Å²) < 4.78 is 1.67. The third-order valence-corrected chi connectivity index (χ3v) is 3.11. The van der Waals surface area contributed by atoms with Crippen LogP contribution in [0.25, 0.3) is 22.6 Å². The Hall–Kier alpha value is -2.40. The van der Waals surface area contributed by atoms with E-state index in [-0.39, 0.29) is 5.56 Å². The van der Waals surface area contributed by atoms with E-state index in [1.165, 1.54) is 6.07 Å². The van der Waals surface area contributed by atoms with Crippen LogP contribution in [0, 0.1) is 0 Å². The van der Waals surface area contributed by atoms with Gasteiger partial charge in [-0.2, -0.15) is 5.10 Å². The molecule has 2 aromatic heterocycles. The Kier molecular flexibility index (Phi) is 3.12. The number of hydrogen-bond donors (Lipinski definition) is 1. The molecule has 20 heavy (non-hydrogen) atoms. The van der Waals surface area contributed by atoms with Crippen LogP contribution in [0.1, 0.15) is 0 Å². The number of hydrogen-bond acceptors (Lipinski definition) is 3. The number of aryl methyl sites for hydroxylation is 1. The third kappa shape index (κ3) is 2.48. The van der Waals surface area contributed by atoms with E-state index in [4.69, 9.17) is 11.6 Å². The van der Waals surface area contributed by atoms with Crippen LogP contribution in [-0.2, 0) is 7.05 Å². The van der Waals surface area contributed by atoms with Gasteiger partial charge in [0.1, 0.15) is 5.82 Å². The van der Waals surface area contributed by atoms with Crippen molar-refractivity contribution in [3.8, 4) is 22.6 Å². The average molecular weight is 287 g/mol. The van der Waals surface area contributed by atoms with Crippen LogP contribution in [0.5, 0.6) is 0 Å². The molecular formula is C14H11ClN4O. The van der Waals surface area contributed by atoms with Crippen LogP contribution >= 0.6 is 11.6 Å². The standard InChI is InChI=1S/C14H11ClN4O/c1-19-8-10(7-16-19)12-6-13(20)18-14(17-12)9-2-4-11(15)5-3-9/h2-8H,1H3,(H,17,18,20). The van der Waals surface area contributed by atoms with Crippen molar-refractivity contribution in [2.45, 2.75) is 0 Å². The van der Waals surface area contributed by atoms with E-state index >= 15 is 0 Å². The highest BCUT2D eigenvalue weighted by atomic mass is 35.5. The minimum absolute atomic E-state index is 0.205. The fourth-order valence-corrected chi connectivity index (χ4v) is 2.03. The maximum Gasteiger partial charge on any atom is 0.251 e. The Balaban J connectivity index is 2.11. The molecule has 0 unspecified atom stereocenters. The van der Waals surface area contributed by atoms with Crippen molar-refractivity contribution in [1.29, 1.82) is 0 Å². The van der Waals surface area contributed by atoms with Crippen LogP contribution in [0.3, 0.4) is 0 Å². The molecule has 2 heterocycles. The highest BCUT2D eigenvalue weighted by Crippen LogP contribution is 2.20. The summed E-state index contributed by atoms with van der Waals surface area (Å²) in [6, 6.07) is 8.60. The molecule has 0 bridgehead atoms. The molecular weight excluding hydrogens is 276 g/mol. The number of nitrogens with zero attached hydrogens (tertiary/aromatic N) is 3. The largest absolute Gasteiger partial charge is 0.306 e. The number of rotatable bonds is 2. The third-order valence-electron chi connectivity index (χ3n) is 2.86. The quantitative estimate of drug-likeness (QED) is 0.787. The second-order valence-electron chi connectivity index (χ2n) is 4.39. The van der Waals surface area contributed by atoms with Gasteiger partial charge in [0, 0.05) is 35.5 Å². The van der Waals surface area contributed by atoms with Gasteiger partial charge in [-0.05, 0) is 24.3 Å². The monoisotopic (exact) mass is 286 g/mol. The summed E-state index contributed by atoms with van der Waals surface area (Å²) in [4.78, 5) is 19.0. The summed E-state index contributed by atoms with van der Waals surface area (Å²) in [6.45, 7) is 0. The van der Waals surface area contributed by atoms with Crippen molar-refractivity contribution < 1.29 is 0 Å². The molecule has 5 nitrogen and oxygen atoms in total. The van der Waals surface area contributed by atoms with Gasteiger partial charge >= 0.3 is 0 Å². The van der Waals surface area contributed by atoms with E-state index in [2.05, 4.69) is 15.1 Å². The molecule has 0 fully saturated rings. The number of H-pyrrole nitrogens is 1. The molecule has 3 rings (SSSR count). The Morgan fingerprint density at radius 3 is 2.60 bits per heavy atom.